The monoisotopic (exact) mass is 303 g/mol. The van der Waals surface area contributed by atoms with E-state index in [2.05, 4.69) is 29.5 Å². The normalized spacial score (nSPS) is 15.0. The molecule has 2 N–H and O–H groups in total. The largest absolute Gasteiger partial charge is 0.482 e. The van der Waals surface area contributed by atoms with E-state index in [1.807, 2.05) is 24.4 Å². The SMILES string of the molecule is Cc1cnc(CNC(C)c2ccc3c(c2)NC(=O)CO3)s1. The molecule has 0 saturated carbocycles. The average molecular weight is 303 g/mol. The number of thiazole rings is 1. The summed E-state index contributed by atoms with van der Waals surface area (Å²) in [6, 6.07) is 6.03. The van der Waals surface area contributed by atoms with Crippen molar-refractivity contribution in [3.05, 3.63) is 39.8 Å². The van der Waals surface area contributed by atoms with E-state index in [1.54, 1.807) is 11.3 Å². The highest BCUT2D eigenvalue weighted by molar-refractivity contribution is 7.11. The van der Waals surface area contributed by atoms with Crippen LogP contribution in [0.25, 0.3) is 0 Å². The number of carbonyl (C=O) groups excluding carboxylic acids is 1. The molecule has 1 atom stereocenters. The van der Waals surface area contributed by atoms with Crippen molar-refractivity contribution in [2.24, 2.45) is 0 Å². The summed E-state index contributed by atoms with van der Waals surface area (Å²) in [5.41, 5.74) is 1.84. The van der Waals surface area contributed by atoms with Gasteiger partial charge in [-0.1, -0.05) is 6.07 Å². The predicted molar refractivity (Wildman–Crippen MR) is 82.7 cm³/mol. The minimum Gasteiger partial charge on any atom is -0.482 e. The molecule has 1 unspecified atom stereocenters. The summed E-state index contributed by atoms with van der Waals surface area (Å²) in [6.07, 6.45) is 1.89. The zero-order valence-corrected chi connectivity index (χ0v) is 12.8. The first-order valence-corrected chi connectivity index (χ1v) is 7.65. The summed E-state index contributed by atoms with van der Waals surface area (Å²) >= 11 is 1.70. The van der Waals surface area contributed by atoms with E-state index in [9.17, 15) is 4.79 Å². The van der Waals surface area contributed by atoms with E-state index in [0.29, 0.717) is 0 Å². The average Bonchev–Trinajstić information content (AvgIpc) is 2.89. The maximum absolute atomic E-state index is 11.4. The summed E-state index contributed by atoms with van der Waals surface area (Å²) in [6.45, 7) is 4.97. The van der Waals surface area contributed by atoms with Crippen LogP contribution in [0, 0.1) is 6.92 Å². The number of rotatable bonds is 4. The molecule has 0 spiro atoms. The number of fused-ring (bicyclic) bond motifs is 1. The van der Waals surface area contributed by atoms with Gasteiger partial charge < -0.3 is 15.4 Å². The second-order valence-electron chi connectivity index (χ2n) is 5.06. The highest BCUT2D eigenvalue weighted by atomic mass is 32.1. The molecule has 0 radical (unpaired) electrons. The van der Waals surface area contributed by atoms with Gasteiger partial charge >= 0.3 is 0 Å². The Morgan fingerprint density at radius 2 is 2.38 bits per heavy atom. The maximum Gasteiger partial charge on any atom is 0.262 e. The van der Waals surface area contributed by atoms with Crippen LogP contribution in [0.2, 0.25) is 0 Å². The molecule has 0 fully saturated rings. The molecule has 1 aromatic carbocycles. The van der Waals surface area contributed by atoms with Gasteiger partial charge in [0.25, 0.3) is 5.91 Å². The third-order valence-corrected chi connectivity index (χ3v) is 4.28. The molecule has 0 bridgehead atoms. The van der Waals surface area contributed by atoms with Crippen molar-refractivity contribution < 1.29 is 9.53 Å². The topological polar surface area (TPSA) is 63.2 Å². The van der Waals surface area contributed by atoms with Gasteiger partial charge in [-0.2, -0.15) is 0 Å². The van der Waals surface area contributed by atoms with E-state index in [0.717, 1.165) is 28.6 Å². The smallest absolute Gasteiger partial charge is 0.262 e. The number of aryl methyl sites for hydroxylation is 1. The van der Waals surface area contributed by atoms with Gasteiger partial charge in [0.2, 0.25) is 0 Å². The molecule has 1 aliphatic rings. The number of nitrogens with zero attached hydrogens (tertiary/aromatic N) is 1. The highest BCUT2D eigenvalue weighted by Crippen LogP contribution is 2.30. The van der Waals surface area contributed by atoms with E-state index in [1.165, 1.54) is 4.88 Å². The lowest BCUT2D eigenvalue weighted by molar-refractivity contribution is -0.118. The lowest BCUT2D eigenvalue weighted by Crippen LogP contribution is -2.26. The van der Waals surface area contributed by atoms with Gasteiger partial charge in [0, 0.05) is 23.7 Å². The second-order valence-corrected chi connectivity index (χ2v) is 6.38. The molecular weight excluding hydrogens is 286 g/mol. The number of hydrogen-bond donors (Lipinski definition) is 2. The van der Waals surface area contributed by atoms with Crippen LogP contribution in [-0.2, 0) is 11.3 Å². The predicted octanol–water partition coefficient (Wildman–Crippen LogP) is 2.63. The van der Waals surface area contributed by atoms with Crippen LogP contribution >= 0.6 is 11.3 Å². The minimum atomic E-state index is -0.112. The number of anilines is 1. The number of aromatic nitrogens is 1. The summed E-state index contributed by atoms with van der Waals surface area (Å²) in [5.74, 6) is 0.611. The molecule has 0 aliphatic carbocycles. The zero-order chi connectivity index (χ0) is 14.8. The van der Waals surface area contributed by atoms with Crippen molar-refractivity contribution in [3.8, 4) is 5.75 Å². The third-order valence-electron chi connectivity index (χ3n) is 3.37. The van der Waals surface area contributed by atoms with Gasteiger partial charge in [-0.25, -0.2) is 4.98 Å². The standard InChI is InChI=1S/C15H17N3O2S/c1-9-6-17-15(21-9)7-16-10(2)11-3-4-13-12(5-11)18-14(19)8-20-13/h3-6,10,16H,7-8H2,1-2H3,(H,18,19). The Morgan fingerprint density at radius 3 is 3.14 bits per heavy atom. The molecule has 6 heteroatoms. The van der Waals surface area contributed by atoms with Gasteiger partial charge in [0.1, 0.15) is 10.8 Å². The van der Waals surface area contributed by atoms with E-state index in [-0.39, 0.29) is 18.6 Å². The van der Waals surface area contributed by atoms with E-state index < -0.39 is 0 Å². The van der Waals surface area contributed by atoms with Crippen LogP contribution in [0.4, 0.5) is 5.69 Å². The van der Waals surface area contributed by atoms with Crippen molar-refractivity contribution in [1.82, 2.24) is 10.3 Å². The number of carbonyl (C=O) groups is 1. The fourth-order valence-electron chi connectivity index (χ4n) is 2.21. The molecule has 1 aromatic heterocycles. The quantitative estimate of drug-likeness (QED) is 0.911. The van der Waals surface area contributed by atoms with Crippen molar-refractivity contribution in [2.45, 2.75) is 26.4 Å². The van der Waals surface area contributed by atoms with Crippen LogP contribution in [0.3, 0.4) is 0 Å². The minimum absolute atomic E-state index is 0.0869. The Hall–Kier alpha value is -1.92. The number of amides is 1. The van der Waals surface area contributed by atoms with Gasteiger partial charge in [0.15, 0.2) is 6.61 Å². The highest BCUT2D eigenvalue weighted by Gasteiger charge is 2.17. The molecule has 1 amide bonds. The molecule has 110 valence electrons. The van der Waals surface area contributed by atoms with Crippen molar-refractivity contribution in [3.63, 3.8) is 0 Å². The molecule has 1 aliphatic heterocycles. The first kappa shape index (κ1) is 14.0. The Balaban J connectivity index is 1.68. The Morgan fingerprint density at radius 1 is 1.52 bits per heavy atom. The molecule has 5 nitrogen and oxygen atoms in total. The van der Waals surface area contributed by atoms with Crippen LogP contribution in [-0.4, -0.2) is 17.5 Å². The van der Waals surface area contributed by atoms with Gasteiger partial charge in [-0.3, -0.25) is 4.79 Å². The molecule has 3 rings (SSSR count). The number of benzene rings is 1. The van der Waals surface area contributed by atoms with Crippen molar-refractivity contribution in [1.29, 1.82) is 0 Å². The summed E-state index contributed by atoms with van der Waals surface area (Å²) < 4.78 is 5.36. The summed E-state index contributed by atoms with van der Waals surface area (Å²) in [7, 11) is 0. The maximum atomic E-state index is 11.4. The van der Waals surface area contributed by atoms with Crippen LogP contribution in [0.15, 0.2) is 24.4 Å². The lowest BCUT2D eigenvalue weighted by Gasteiger charge is -2.20. The zero-order valence-electron chi connectivity index (χ0n) is 12.0. The first-order chi connectivity index (χ1) is 10.1. The Bertz CT molecular complexity index is 669. The van der Waals surface area contributed by atoms with E-state index in [4.69, 9.17) is 4.74 Å². The molecule has 0 saturated heterocycles. The Kier molecular flexibility index (Phi) is 3.90. The molecule has 2 aromatic rings. The van der Waals surface area contributed by atoms with Crippen LogP contribution in [0.5, 0.6) is 5.75 Å². The Labute approximate surface area is 127 Å². The first-order valence-electron chi connectivity index (χ1n) is 6.83. The molecule has 21 heavy (non-hydrogen) atoms. The van der Waals surface area contributed by atoms with Gasteiger partial charge in [0.05, 0.1) is 5.69 Å². The fraction of sp³-hybridized carbons (Fsp3) is 0.333. The second kappa shape index (κ2) is 5.83. The van der Waals surface area contributed by atoms with Crippen LogP contribution in [0.1, 0.15) is 28.4 Å². The third kappa shape index (κ3) is 3.22. The lowest BCUT2D eigenvalue weighted by atomic mass is 10.1. The fourth-order valence-corrected chi connectivity index (χ4v) is 2.95. The summed E-state index contributed by atoms with van der Waals surface area (Å²) in [5, 5.41) is 7.35. The molecule has 2 heterocycles. The number of hydrogen-bond acceptors (Lipinski definition) is 5. The van der Waals surface area contributed by atoms with Gasteiger partial charge in [-0.05, 0) is 31.5 Å². The summed E-state index contributed by atoms with van der Waals surface area (Å²) in [4.78, 5) is 16.9. The number of nitrogens with one attached hydrogen (secondary N) is 2. The van der Waals surface area contributed by atoms with Crippen LogP contribution < -0.4 is 15.4 Å². The molecular formula is C15H17N3O2S. The van der Waals surface area contributed by atoms with Crippen molar-refractivity contribution in [2.75, 3.05) is 11.9 Å². The van der Waals surface area contributed by atoms with Gasteiger partial charge in [-0.15, -0.1) is 11.3 Å². The van der Waals surface area contributed by atoms with Crippen molar-refractivity contribution >= 4 is 22.9 Å². The number of ether oxygens (including phenoxy) is 1. The van der Waals surface area contributed by atoms with E-state index >= 15 is 0 Å².